The van der Waals surface area contributed by atoms with Gasteiger partial charge in [-0.3, -0.25) is 14.4 Å². The van der Waals surface area contributed by atoms with E-state index in [1.54, 1.807) is 14.7 Å². The van der Waals surface area contributed by atoms with Gasteiger partial charge < -0.3 is 19.4 Å². The molecule has 0 aromatic heterocycles. The Balaban J connectivity index is 1.26. The topological polar surface area (TPSA) is 70.2 Å². The maximum absolute atomic E-state index is 12.7. The summed E-state index contributed by atoms with van der Waals surface area (Å²) < 4.78 is 5.59. The number of carbonyl (C=O) groups excluding carboxylic acids is 3. The maximum Gasteiger partial charge on any atom is 0.253 e. The Bertz CT molecular complexity index is 965. The number of rotatable bonds is 4. The summed E-state index contributed by atoms with van der Waals surface area (Å²) in [5.41, 5.74) is 2.54. The van der Waals surface area contributed by atoms with Gasteiger partial charge in [-0.05, 0) is 31.2 Å². The minimum atomic E-state index is -0.0720. The number of anilines is 1. The van der Waals surface area contributed by atoms with E-state index in [1.165, 1.54) is 0 Å². The molecule has 1 saturated heterocycles. The Morgan fingerprint density at radius 1 is 0.806 bits per heavy atom. The van der Waals surface area contributed by atoms with Crippen LogP contribution in [0.25, 0.3) is 0 Å². The normalized spacial score (nSPS) is 15.8. The van der Waals surface area contributed by atoms with E-state index < -0.39 is 0 Å². The van der Waals surface area contributed by atoms with E-state index in [0.29, 0.717) is 50.6 Å². The molecule has 0 bridgehead atoms. The van der Waals surface area contributed by atoms with Gasteiger partial charge in [-0.15, -0.1) is 0 Å². The highest BCUT2D eigenvalue weighted by atomic mass is 16.5. The molecule has 162 valence electrons. The van der Waals surface area contributed by atoms with Crippen LogP contribution in [0.1, 0.15) is 28.8 Å². The Morgan fingerprint density at radius 2 is 1.45 bits per heavy atom. The van der Waals surface area contributed by atoms with Crippen molar-refractivity contribution in [3.8, 4) is 5.75 Å². The molecule has 0 unspecified atom stereocenters. The molecular formula is C24H27N3O4. The molecule has 2 aliphatic heterocycles. The van der Waals surface area contributed by atoms with Crippen LogP contribution in [0.3, 0.4) is 0 Å². The van der Waals surface area contributed by atoms with Crippen molar-refractivity contribution in [3.05, 3.63) is 59.7 Å². The van der Waals surface area contributed by atoms with Gasteiger partial charge in [-0.25, -0.2) is 0 Å². The number of piperazine rings is 1. The molecule has 0 atom stereocenters. The van der Waals surface area contributed by atoms with E-state index in [0.717, 1.165) is 11.3 Å². The van der Waals surface area contributed by atoms with Gasteiger partial charge >= 0.3 is 0 Å². The molecule has 2 aromatic rings. The number of amides is 3. The Morgan fingerprint density at radius 3 is 2.19 bits per heavy atom. The monoisotopic (exact) mass is 421 g/mol. The summed E-state index contributed by atoms with van der Waals surface area (Å²) in [5.74, 6) is 0.575. The van der Waals surface area contributed by atoms with Gasteiger partial charge in [0.05, 0.1) is 12.2 Å². The maximum atomic E-state index is 12.7. The number of hydrogen-bond donors (Lipinski definition) is 0. The molecule has 7 heteroatoms. The third-order valence-electron chi connectivity index (χ3n) is 5.80. The largest absolute Gasteiger partial charge is 0.490 e. The lowest BCUT2D eigenvalue weighted by molar-refractivity contribution is -0.134. The number of hydrogen-bond acceptors (Lipinski definition) is 4. The molecule has 7 nitrogen and oxygen atoms in total. The molecule has 0 N–H and O–H groups in total. The minimum Gasteiger partial charge on any atom is -0.490 e. The summed E-state index contributed by atoms with van der Waals surface area (Å²) in [6.45, 7) is 4.92. The molecule has 1 fully saturated rings. The van der Waals surface area contributed by atoms with E-state index in [1.807, 2.05) is 55.5 Å². The third kappa shape index (κ3) is 4.71. The van der Waals surface area contributed by atoms with Crippen molar-refractivity contribution >= 4 is 23.4 Å². The van der Waals surface area contributed by atoms with Crippen LogP contribution in [0.4, 0.5) is 5.69 Å². The summed E-state index contributed by atoms with van der Waals surface area (Å²) in [6, 6.07) is 15.0. The second kappa shape index (κ2) is 9.20. The summed E-state index contributed by atoms with van der Waals surface area (Å²) in [7, 11) is 0. The lowest BCUT2D eigenvalue weighted by Gasteiger charge is -2.35. The highest BCUT2D eigenvalue weighted by Crippen LogP contribution is 2.31. The predicted octanol–water partition coefficient (Wildman–Crippen LogP) is 2.49. The van der Waals surface area contributed by atoms with Gasteiger partial charge in [0.15, 0.2) is 0 Å². The van der Waals surface area contributed by atoms with Crippen molar-refractivity contribution in [3.63, 3.8) is 0 Å². The van der Waals surface area contributed by atoms with E-state index in [9.17, 15) is 14.4 Å². The standard InChI is InChI=1S/C24H27N3O4/c1-18-6-8-19(9-7-18)24(30)26-14-12-25(13-15-26)22(28)10-11-23(29)27-16-17-31-21-5-3-2-4-20(21)27/h2-9H,10-17H2,1H3. The van der Waals surface area contributed by atoms with Crippen molar-refractivity contribution in [1.29, 1.82) is 0 Å². The third-order valence-corrected chi connectivity index (χ3v) is 5.80. The number of para-hydroxylation sites is 2. The second-order valence-corrected chi connectivity index (χ2v) is 7.90. The Hall–Kier alpha value is -3.35. The van der Waals surface area contributed by atoms with Crippen LogP contribution < -0.4 is 9.64 Å². The number of carbonyl (C=O) groups is 3. The molecule has 2 heterocycles. The van der Waals surface area contributed by atoms with Crippen LogP contribution in [0, 0.1) is 6.92 Å². The molecule has 2 aliphatic rings. The number of ether oxygens (including phenoxy) is 1. The van der Waals surface area contributed by atoms with Gasteiger partial charge in [0.2, 0.25) is 11.8 Å². The molecule has 0 saturated carbocycles. The summed E-state index contributed by atoms with van der Waals surface area (Å²) >= 11 is 0. The highest BCUT2D eigenvalue weighted by molar-refractivity contribution is 5.97. The fourth-order valence-corrected chi connectivity index (χ4v) is 3.97. The summed E-state index contributed by atoms with van der Waals surface area (Å²) in [6.07, 6.45) is 0.333. The van der Waals surface area contributed by atoms with Gasteiger partial charge in [0.1, 0.15) is 12.4 Å². The summed E-state index contributed by atoms with van der Waals surface area (Å²) in [4.78, 5) is 43.2. The van der Waals surface area contributed by atoms with Crippen LogP contribution in [0.15, 0.2) is 48.5 Å². The first-order chi connectivity index (χ1) is 15.0. The molecule has 0 aliphatic carbocycles. The minimum absolute atomic E-state index is 0.00624. The lowest BCUT2D eigenvalue weighted by atomic mass is 10.1. The zero-order chi connectivity index (χ0) is 21.8. The van der Waals surface area contributed by atoms with Gasteiger partial charge in [-0.1, -0.05) is 29.8 Å². The zero-order valence-electron chi connectivity index (χ0n) is 17.8. The quantitative estimate of drug-likeness (QED) is 0.761. The molecule has 3 amide bonds. The molecule has 31 heavy (non-hydrogen) atoms. The SMILES string of the molecule is Cc1ccc(C(=O)N2CCN(C(=O)CCC(=O)N3CCOc4ccccc43)CC2)cc1. The second-order valence-electron chi connectivity index (χ2n) is 7.90. The van der Waals surface area contributed by atoms with Crippen LogP contribution in [-0.4, -0.2) is 66.9 Å². The van der Waals surface area contributed by atoms with Gasteiger partial charge in [-0.2, -0.15) is 0 Å². The molecule has 0 radical (unpaired) electrons. The van der Waals surface area contributed by atoms with E-state index >= 15 is 0 Å². The van der Waals surface area contributed by atoms with Crippen molar-refractivity contribution in [2.75, 3.05) is 44.2 Å². The number of nitrogens with zero attached hydrogens (tertiary/aromatic N) is 3. The van der Waals surface area contributed by atoms with Crippen LogP contribution in [0.5, 0.6) is 5.75 Å². The van der Waals surface area contributed by atoms with E-state index in [-0.39, 0.29) is 30.6 Å². The van der Waals surface area contributed by atoms with E-state index in [4.69, 9.17) is 4.74 Å². The zero-order valence-corrected chi connectivity index (χ0v) is 17.8. The Labute approximate surface area is 182 Å². The van der Waals surface area contributed by atoms with Crippen LogP contribution >= 0.6 is 0 Å². The number of benzene rings is 2. The summed E-state index contributed by atoms with van der Waals surface area (Å²) in [5, 5.41) is 0. The smallest absolute Gasteiger partial charge is 0.253 e. The number of aryl methyl sites for hydroxylation is 1. The fourth-order valence-electron chi connectivity index (χ4n) is 3.97. The first kappa shape index (κ1) is 20.9. The highest BCUT2D eigenvalue weighted by Gasteiger charge is 2.27. The predicted molar refractivity (Wildman–Crippen MR) is 117 cm³/mol. The van der Waals surface area contributed by atoms with Crippen LogP contribution in [0.2, 0.25) is 0 Å². The molecular weight excluding hydrogens is 394 g/mol. The van der Waals surface area contributed by atoms with Gasteiger partial charge in [0, 0.05) is 44.6 Å². The first-order valence-corrected chi connectivity index (χ1v) is 10.7. The van der Waals surface area contributed by atoms with Crippen molar-refractivity contribution < 1.29 is 19.1 Å². The first-order valence-electron chi connectivity index (χ1n) is 10.7. The van der Waals surface area contributed by atoms with Crippen molar-refractivity contribution in [1.82, 2.24) is 9.80 Å². The molecule has 2 aromatic carbocycles. The van der Waals surface area contributed by atoms with Crippen molar-refractivity contribution in [2.45, 2.75) is 19.8 Å². The Kier molecular flexibility index (Phi) is 6.21. The average Bonchev–Trinajstić information content (AvgIpc) is 2.82. The van der Waals surface area contributed by atoms with Gasteiger partial charge in [0.25, 0.3) is 5.91 Å². The fraction of sp³-hybridized carbons (Fsp3) is 0.375. The van der Waals surface area contributed by atoms with Crippen LogP contribution in [-0.2, 0) is 9.59 Å². The molecule has 4 rings (SSSR count). The average molecular weight is 421 g/mol. The number of fused-ring (bicyclic) bond motifs is 1. The lowest BCUT2D eigenvalue weighted by Crippen LogP contribution is -2.50. The molecule has 0 spiro atoms. The van der Waals surface area contributed by atoms with Crippen molar-refractivity contribution in [2.24, 2.45) is 0 Å². The van der Waals surface area contributed by atoms with E-state index in [2.05, 4.69) is 0 Å².